The van der Waals surface area contributed by atoms with Crippen molar-refractivity contribution in [3.8, 4) is 5.75 Å². The van der Waals surface area contributed by atoms with Crippen molar-refractivity contribution >= 4 is 23.4 Å². The third-order valence-corrected chi connectivity index (χ3v) is 6.79. The molecular formula is C26H31N3O4. The molecule has 174 valence electrons. The zero-order valence-corrected chi connectivity index (χ0v) is 19.4. The number of amides is 3. The minimum atomic E-state index is -0.881. The fourth-order valence-electron chi connectivity index (χ4n) is 4.90. The third-order valence-electron chi connectivity index (χ3n) is 6.79. The summed E-state index contributed by atoms with van der Waals surface area (Å²) in [6.07, 6.45) is 3.50. The third kappa shape index (κ3) is 4.72. The first-order valence-electron chi connectivity index (χ1n) is 11.5. The van der Waals surface area contributed by atoms with Gasteiger partial charge in [0.2, 0.25) is 11.8 Å². The number of anilines is 1. The lowest BCUT2D eigenvalue weighted by molar-refractivity contribution is -0.135. The minimum absolute atomic E-state index is 0.0935. The summed E-state index contributed by atoms with van der Waals surface area (Å²) in [5, 5.41) is 5.97. The van der Waals surface area contributed by atoms with Crippen LogP contribution in [0.25, 0.3) is 0 Å². The van der Waals surface area contributed by atoms with E-state index in [9.17, 15) is 14.4 Å². The smallest absolute Gasteiger partial charge is 0.258 e. The molecule has 2 aliphatic rings. The minimum Gasteiger partial charge on any atom is -0.496 e. The number of rotatable bonds is 5. The van der Waals surface area contributed by atoms with Gasteiger partial charge in [-0.25, -0.2) is 0 Å². The van der Waals surface area contributed by atoms with Crippen molar-refractivity contribution in [2.45, 2.75) is 64.1 Å². The number of carbonyl (C=O) groups excluding carboxylic acids is 3. The molecule has 2 aromatic rings. The van der Waals surface area contributed by atoms with Crippen molar-refractivity contribution in [1.82, 2.24) is 10.2 Å². The summed E-state index contributed by atoms with van der Waals surface area (Å²) in [7, 11) is 1.52. The molecule has 0 aromatic heterocycles. The van der Waals surface area contributed by atoms with Gasteiger partial charge in [-0.15, -0.1) is 0 Å². The van der Waals surface area contributed by atoms with Crippen molar-refractivity contribution in [3.63, 3.8) is 0 Å². The monoisotopic (exact) mass is 449 g/mol. The van der Waals surface area contributed by atoms with E-state index in [0.717, 1.165) is 36.8 Å². The molecule has 7 heteroatoms. The Kier molecular flexibility index (Phi) is 6.67. The number of benzene rings is 2. The Morgan fingerprint density at radius 2 is 1.85 bits per heavy atom. The first-order chi connectivity index (χ1) is 15.9. The van der Waals surface area contributed by atoms with Gasteiger partial charge in [0.25, 0.3) is 5.91 Å². The first-order valence-corrected chi connectivity index (χ1v) is 11.5. The van der Waals surface area contributed by atoms with Crippen LogP contribution in [0.15, 0.2) is 42.5 Å². The number of para-hydroxylation sites is 1. The van der Waals surface area contributed by atoms with E-state index in [0.29, 0.717) is 17.0 Å². The second-order valence-electron chi connectivity index (χ2n) is 8.95. The lowest BCUT2D eigenvalue weighted by atomic mass is 9.84. The standard InChI is InChI=1S/C26H31N3O4/c1-16-12-13-18(14-17(16)2)27-24(30)15-22-25(31)28-20-9-5-6-10-21(20)29(22)26(32)19-8-4-7-11-23(19)33-3/h4,7-8,11-14,20-22H,5-6,9-10,15H2,1-3H3,(H,27,30)(H,28,31)/t20-,21-,22-/m1/s1. The van der Waals surface area contributed by atoms with Crippen LogP contribution in [0.5, 0.6) is 5.75 Å². The van der Waals surface area contributed by atoms with Gasteiger partial charge in [-0.3, -0.25) is 14.4 Å². The van der Waals surface area contributed by atoms with Crippen molar-refractivity contribution in [1.29, 1.82) is 0 Å². The Labute approximate surface area is 194 Å². The zero-order chi connectivity index (χ0) is 23.5. The molecule has 4 rings (SSSR count). The van der Waals surface area contributed by atoms with Gasteiger partial charge in [0.05, 0.1) is 25.1 Å². The molecule has 2 aromatic carbocycles. The molecule has 0 spiro atoms. The van der Waals surface area contributed by atoms with Gasteiger partial charge in [0.1, 0.15) is 11.8 Å². The van der Waals surface area contributed by atoms with E-state index in [1.165, 1.54) is 7.11 Å². The maximum Gasteiger partial charge on any atom is 0.258 e. The Morgan fingerprint density at radius 1 is 1.09 bits per heavy atom. The quantitative estimate of drug-likeness (QED) is 0.730. The van der Waals surface area contributed by atoms with Crippen molar-refractivity contribution in [3.05, 3.63) is 59.2 Å². The Bertz CT molecular complexity index is 1070. The topological polar surface area (TPSA) is 87.7 Å². The van der Waals surface area contributed by atoms with Gasteiger partial charge in [0, 0.05) is 11.7 Å². The number of carbonyl (C=O) groups is 3. The van der Waals surface area contributed by atoms with E-state index in [1.807, 2.05) is 32.0 Å². The predicted molar refractivity (Wildman–Crippen MR) is 126 cm³/mol. The SMILES string of the molecule is COc1ccccc1C(=O)N1[C@H](CC(=O)Nc2ccc(C)c(C)c2)C(=O)N[C@@H]2CCCC[C@H]21. The van der Waals surface area contributed by atoms with Gasteiger partial charge in [-0.05, 0) is 62.1 Å². The maximum atomic E-state index is 13.7. The molecule has 0 unspecified atom stereocenters. The van der Waals surface area contributed by atoms with E-state index >= 15 is 0 Å². The number of piperazine rings is 1. The van der Waals surface area contributed by atoms with Gasteiger partial charge in [-0.2, -0.15) is 0 Å². The highest BCUT2D eigenvalue weighted by molar-refractivity contribution is 6.03. The molecule has 1 heterocycles. The van der Waals surface area contributed by atoms with Crippen LogP contribution in [0.4, 0.5) is 5.69 Å². The van der Waals surface area contributed by atoms with Gasteiger partial charge in [-0.1, -0.05) is 31.0 Å². The summed E-state index contributed by atoms with van der Waals surface area (Å²) in [5.74, 6) is -0.399. The fraction of sp³-hybridized carbons (Fsp3) is 0.423. The molecule has 0 radical (unpaired) electrons. The number of fused-ring (bicyclic) bond motifs is 1. The van der Waals surface area contributed by atoms with Crippen LogP contribution < -0.4 is 15.4 Å². The number of ether oxygens (including phenoxy) is 1. The van der Waals surface area contributed by atoms with Gasteiger partial charge in [0.15, 0.2) is 0 Å². The van der Waals surface area contributed by atoms with Crippen LogP contribution in [0.2, 0.25) is 0 Å². The first kappa shape index (κ1) is 22.8. The summed E-state index contributed by atoms with van der Waals surface area (Å²) >= 11 is 0. The summed E-state index contributed by atoms with van der Waals surface area (Å²) in [5.41, 5.74) is 3.29. The molecule has 7 nitrogen and oxygen atoms in total. The molecule has 1 aliphatic carbocycles. The highest BCUT2D eigenvalue weighted by atomic mass is 16.5. The molecule has 33 heavy (non-hydrogen) atoms. The van der Waals surface area contributed by atoms with Crippen LogP contribution in [0.3, 0.4) is 0 Å². The second kappa shape index (κ2) is 9.65. The van der Waals surface area contributed by atoms with E-state index < -0.39 is 6.04 Å². The van der Waals surface area contributed by atoms with Crippen LogP contribution >= 0.6 is 0 Å². The molecule has 0 bridgehead atoms. The number of nitrogens with zero attached hydrogens (tertiary/aromatic N) is 1. The highest BCUT2D eigenvalue weighted by Gasteiger charge is 2.46. The molecule has 1 saturated heterocycles. The average Bonchev–Trinajstić information content (AvgIpc) is 2.81. The van der Waals surface area contributed by atoms with Crippen LogP contribution in [0, 0.1) is 13.8 Å². The normalized spacial score (nSPS) is 22.2. The molecule has 1 aliphatic heterocycles. The fourth-order valence-corrected chi connectivity index (χ4v) is 4.90. The van der Waals surface area contributed by atoms with E-state index in [2.05, 4.69) is 10.6 Å². The molecule has 3 amide bonds. The van der Waals surface area contributed by atoms with Gasteiger partial charge < -0.3 is 20.3 Å². The van der Waals surface area contributed by atoms with Crippen LogP contribution in [-0.4, -0.2) is 47.9 Å². The molecule has 3 atom stereocenters. The second-order valence-corrected chi connectivity index (χ2v) is 8.95. The summed E-state index contributed by atoms with van der Waals surface area (Å²) in [6.45, 7) is 3.99. The van der Waals surface area contributed by atoms with Crippen molar-refractivity contribution in [2.75, 3.05) is 12.4 Å². The Morgan fingerprint density at radius 3 is 2.61 bits per heavy atom. The number of hydrogen-bond donors (Lipinski definition) is 2. The number of hydrogen-bond acceptors (Lipinski definition) is 4. The van der Waals surface area contributed by atoms with E-state index in [1.54, 1.807) is 29.2 Å². The largest absolute Gasteiger partial charge is 0.496 e. The predicted octanol–water partition coefficient (Wildman–Crippen LogP) is 3.59. The lowest BCUT2D eigenvalue weighted by Gasteiger charge is -2.48. The van der Waals surface area contributed by atoms with Crippen LogP contribution in [-0.2, 0) is 9.59 Å². The molecule has 1 saturated carbocycles. The van der Waals surface area contributed by atoms with Crippen molar-refractivity contribution < 1.29 is 19.1 Å². The number of nitrogens with one attached hydrogen (secondary N) is 2. The van der Waals surface area contributed by atoms with E-state index in [-0.39, 0.29) is 36.2 Å². The summed E-state index contributed by atoms with van der Waals surface area (Å²) < 4.78 is 5.41. The summed E-state index contributed by atoms with van der Waals surface area (Å²) in [6, 6.07) is 11.6. The lowest BCUT2D eigenvalue weighted by Crippen LogP contribution is -2.68. The number of methoxy groups -OCH3 is 1. The Balaban J connectivity index is 1.62. The molecule has 2 N–H and O–H groups in total. The van der Waals surface area contributed by atoms with Crippen molar-refractivity contribution in [2.24, 2.45) is 0 Å². The Hall–Kier alpha value is -3.35. The van der Waals surface area contributed by atoms with Gasteiger partial charge >= 0.3 is 0 Å². The summed E-state index contributed by atoms with van der Waals surface area (Å²) in [4.78, 5) is 41.5. The van der Waals surface area contributed by atoms with E-state index in [4.69, 9.17) is 4.74 Å². The average molecular weight is 450 g/mol. The number of aryl methyl sites for hydroxylation is 2. The molecule has 2 fully saturated rings. The van der Waals surface area contributed by atoms with Crippen LogP contribution in [0.1, 0.15) is 53.6 Å². The maximum absolute atomic E-state index is 13.7. The highest BCUT2D eigenvalue weighted by Crippen LogP contribution is 2.32. The molecular weight excluding hydrogens is 418 g/mol. The zero-order valence-electron chi connectivity index (χ0n) is 19.4.